The van der Waals surface area contributed by atoms with Crippen LogP contribution in [-0.2, 0) is 28.6 Å². The minimum atomic E-state index is -0.797. The highest BCUT2D eigenvalue weighted by Gasteiger charge is 2.19. The molecule has 1 atom stereocenters. The Hall–Kier alpha value is -3.41. The molecule has 0 rings (SSSR count). The highest BCUT2D eigenvalue weighted by atomic mass is 16.6. The number of esters is 3. The molecule has 0 aliphatic heterocycles. The molecule has 0 aliphatic carbocycles. The van der Waals surface area contributed by atoms with Crippen molar-refractivity contribution < 1.29 is 28.6 Å². The first-order valence-corrected chi connectivity index (χ1v) is 29.1. The molecular weight excluding hydrogens is 853 g/mol. The minimum absolute atomic E-state index is 0.0928. The molecule has 0 N–H and O–H groups in total. The normalized spacial score (nSPS) is 12.7. The van der Waals surface area contributed by atoms with E-state index in [1.807, 2.05) is 0 Å². The minimum Gasteiger partial charge on any atom is -0.462 e. The predicted molar refractivity (Wildman–Crippen MR) is 297 cm³/mol. The summed E-state index contributed by atoms with van der Waals surface area (Å²) in [6, 6.07) is 0. The first kappa shape index (κ1) is 65.6. The van der Waals surface area contributed by atoms with Crippen molar-refractivity contribution in [2.75, 3.05) is 13.2 Å². The zero-order chi connectivity index (χ0) is 50.0. The highest BCUT2D eigenvalue weighted by molar-refractivity contribution is 5.71. The SMILES string of the molecule is CC/C=C\C/C=C\C/C=C\C/C=C\C/C=C\C/C=C\CCCCC(=O)OCC(COC(=O)CCCCCCC/C=C\CCCCCCC)OC(=O)CCCCCCCCCCCCCCCCCC. The van der Waals surface area contributed by atoms with E-state index in [4.69, 9.17) is 14.2 Å². The quantitative estimate of drug-likeness (QED) is 0.0262. The summed E-state index contributed by atoms with van der Waals surface area (Å²) in [4.78, 5) is 38.2. The van der Waals surface area contributed by atoms with Gasteiger partial charge in [0.25, 0.3) is 0 Å². The summed E-state index contributed by atoms with van der Waals surface area (Å²) >= 11 is 0. The van der Waals surface area contributed by atoms with Crippen LogP contribution >= 0.6 is 0 Å². The zero-order valence-corrected chi connectivity index (χ0v) is 45.3. The average molecular weight is 962 g/mol. The Balaban J connectivity index is 4.45. The molecule has 0 aliphatic rings. The number of carbonyl (C=O) groups excluding carboxylic acids is 3. The van der Waals surface area contributed by atoms with Gasteiger partial charge in [0.1, 0.15) is 13.2 Å². The van der Waals surface area contributed by atoms with Crippen LogP contribution in [0.3, 0.4) is 0 Å². The van der Waals surface area contributed by atoms with Gasteiger partial charge in [-0.15, -0.1) is 0 Å². The summed E-state index contributed by atoms with van der Waals surface area (Å²) in [7, 11) is 0. The van der Waals surface area contributed by atoms with Crippen molar-refractivity contribution in [2.45, 2.75) is 284 Å². The molecule has 0 radical (unpaired) electrons. The van der Waals surface area contributed by atoms with Crippen LogP contribution < -0.4 is 0 Å². The third-order valence-corrected chi connectivity index (χ3v) is 12.4. The highest BCUT2D eigenvalue weighted by Crippen LogP contribution is 2.16. The van der Waals surface area contributed by atoms with E-state index in [-0.39, 0.29) is 31.1 Å². The number of unbranched alkanes of at least 4 members (excludes halogenated alkanes) is 27. The molecule has 0 aromatic rings. The molecule has 0 fully saturated rings. The summed E-state index contributed by atoms with van der Waals surface area (Å²) < 4.78 is 16.8. The fourth-order valence-corrected chi connectivity index (χ4v) is 8.03. The lowest BCUT2D eigenvalue weighted by molar-refractivity contribution is -0.167. The van der Waals surface area contributed by atoms with Gasteiger partial charge in [0, 0.05) is 19.3 Å². The topological polar surface area (TPSA) is 78.9 Å². The third kappa shape index (κ3) is 55.4. The summed E-state index contributed by atoms with van der Waals surface area (Å²) in [5.41, 5.74) is 0. The lowest BCUT2D eigenvalue weighted by Gasteiger charge is -2.18. The summed E-state index contributed by atoms with van der Waals surface area (Å²) in [6.45, 7) is 6.49. The second-order valence-electron chi connectivity index (χ2n) is 19.2. The molecule has 0 amide bonds. The van der Waals surface area contributed by atoms with Gasteiger partial charge in [0.15, 0.2) is 6.10 Å². The van der Waals surface area contributed by atoms with Gasteiger partial charge in [-0.1, -0.05) is 247 Å². The Kier molecular flexibility index (Phi) is 54.3. The maximum Gasteiger partial charge on any atom is 0.306 e. The van der Waals surface area contributed by atoms with Gasteiger partial charge in [0.05, 0.1) is 0 Å². The Morgan fingerprint density at radius 2 is 0.565 bits per heavy atom. The Labute approximate surface area is 426 Å². The molecule has 0 aromatic heterocycles. The first-order chi connectivity index (χ1) is 34.0. The predicted octanol–water partition coefficient (Wildman–Crippen LogP) is 19.5. The smallest absolute Gasteiger partial charge is 0.306 e. The van der Waals surface area contributed by atoms with Crippen LogP contribution in [0.15, 0.2) is 85.1 Å². The molecule has 0 heterocycles. The number of rotatable bonds is 52. The van der Waals surface area contributed by atoms with E-state index in [1.165, 1.54) is 135 Å². The van der Waals surface area contributed by atoms with Crippen molar-refractivity contribution in [2.24, 2.45) is 0 Å². The average Bonchev–Trinajstić information content (AvgIpc) is 3.35. The van der Waals surface area contributed by atoms with E-state index >= 15 is 0 Å². The zero-order valence-electron chi connectivity index (χ0n) is 45.3. The second-order valence-corrected chi connectivity index (χ2v) is 19.2. The van der Waals surface area contributed by atoms with Crippen molar-refractivity contribution in [3.63, 3.8) is 0 Å². The van der Waals surface area contributed by atoms with Crippen molar-refractivity contribution in [3.05, 3.63) is 85.1 Å². The van der Waals surface area contributed by atoms with Gasteiger partial charge < -0.3 is 14.2 Å². The van der Waals surface area contributed by atoms with Gasteiger partial charge in [-0.2, -0.15) is 0 Å². The summed E-state index contributed by atoms with van der Waals surface area (Å²) in [5.74, 6) is -0.937. The summed E-state index contributed by atoms with van der Waals surface area (Å²) in [5, 5.41) is 0. The molecule has 6 heteroatoms. The summed E-state index contributed by atoms with van der Waals surface area (Å²) in [6.07, 6.45) is 74.3. The third-order valence-electron chi connectivity index (χ3n) is 12.4. The number of hydrogen-bond donors (Lipinski definition) is 0. The van der Waals surface area contributed by atoms with Gasteiger partial charge >= 0.3 is 17.9 Å². The van der Waals surface area contributed by atoms with Crippen molar-refractivity contribution in [3.8, 4) is 0 Å². The lowest BCUT2D eigenvalue weighted by Crippen LogP contribution is -2.30. The van der Waals surface area contributed by atoms with Gasteiger partial charge in [-0.05, 0) is 96.3 Å². The second kappa shape index (κ2) is 57.2. The van der Waals surface area contributed by atoms with Gasteiger partial charge in [0.2, 0.25) is 0 Å². The van der Waals surface area contributed by atoms with E-state index in [0.29, 0.717) is 19.3 Å². The van der Waals surface area contributed by atoms with Crippen LogP contribution in [-0.4, -0.2) is 37.2 Å². The molecule has 1 unspecified atom stereocenters. The monoisotopic (exact) mass is 961 g/mol. The van der Waals surface area contributed by atoms with Crippen LogP contribution in [0, 0.1) is 0 Å². The van der Waals surface area contributed by atoms with E-state index in [2.05, 4.69) is 106 Å². The molecular formula is C63H108O6. The molecule has 69 heavy (non-hydrogen) atoms. The number of hydrogen-bond acceptors (Lipinski definition) is 6. The largest absolute Gasteiger partial charge is 0.462 e. The van der Waals surface area contributed by atoms with Crippen molar-refractivity contribution >= 4 is 17.9 Å². The maximum absolute atomic E-state index is 12.9. The fraction of sp³-hybridized carbons (Fsp3) is 0.730. The van der Waals surface area contributed by atoms with Crippen LogP contribution in [0.1, 0.15) is 278 Å². The van der Waals surface area contributed by atoms with E-state index in [9.17, 15) is 14.4 Å². The lowest BCUT2D eigenvalue weighted by atomic mass is 10.0. The first-order valence-electron chi connectivity index (χ1n) is 29.1. The molecule has 0 bridgehead atoms. The van der Waals surface area contributed by atoms with E-state index in [0.717, 1.165) is 103 Å². The van der Waals surface area contributed by atoms with Gasteiger partial charge in [-0.3, -0.25) is 14.4 Å². The molecule has 0 aromatic carbocycles. The van der Waals surface area contributed by atoms with E-state index in [1.54, 1.807) is 0 Å². The standard InChI is InChI=1S/C63H108O6/c1-4-7-10-13-16-19-22-25-28-30-31-32-33-34-36-38-41-44-47-50-53-56-62(65)68-59-60(58-67-61(64)55-52-49-46-43-40-37-27-24-21-18-15-12-9-6-3)69-63(66)57-54-51-48-45-42-39-35-29-26-23-20-17-14-11-8-5-2/h7,10,16,19,24-25,27-28,31-32,34,36,41,44,60H,4-6,8-9,11-15,17-18,20-23,26,29-30,33,35,37-40,42-43,45-59H2,1-3H3/b10-7-,19-16-,27-24-,28-25-,32-31-,36-34-,44-41-. The van der Waals surface area contributed by atoms with E-state index < -0.39 is 6.10 Å². The molecule has 0 saturated carbocycles. The van der Waals surface area contributed by atoms with Crippen molar-refractivity contribution in [1.29, 1.82) is 0 Å². The van der Waals surface area contributed by atoms with Crippen LogP contribution in [0.25, 0.3) is 0 Å². The Morgan fingerprint density at radius 1 is 0.304 bits per heavy atom. The Bertz CT molecular complexity index is 1330. The van der Waals surface area contributed by atoms with Crippen molar-refractivity contribution in [1.82, 2.24) is 0 Å². The van der Waals surface area contributed by atoms with Crippen LogP contribution in [0.5, 0.6) is 0 Å². The van der Waals surface area contributed by atoms with Gasteiger partial charge in [-0.25, -0.2) is 0 Å². The molecule has 0 saturated heterocycles. The molecule has 6 nitrogen and oxygen atoms in total. The maximum atomic E-state index is 12.9. The Morgan fingerprint density at radius 3 is 0.928 bits per heavy atom. The molecule has 396 valence electrons. The van der Waals surface area contributed by atoms with Crippen LogP contribution in [0.4, 0.5) is 0 Å². The number of ether oxygens (including phenoxy) is 3. The fourth-order valence-electron chi connectivity index (χ4n) is 8.03. The number of allylic oxidation sites excluding steroid dienone is 14. The van der Waals surface area contributed by atoms with Crippen LogP contribution in [0.2, 0.25) is 0 Å². The molecule has 0 spiro atoms. The number of carbonyl (C=O) groups is 3.